The summed E-state index contributed by atoms with van der Waals surface area (Å²) in [6.07, 6.45) is 8.88. The van der Waals surface area contributed by atoms with Gasteiger partial charge in [-0.2, -0.15) is 0 Å². The molecular weight excluding hydrogens is 679 g/mol. The van der Waals surface area contributed by atoms with Crippen LogP contribution in [-0.2, 0) is 13.0 Å². The second-order valence-electron chi connectivity index (χ2n) is 14.5. The van der Waals surface area contributed by atoms with Crippen LogP contribution in [0.15, 0.2) is 215 Å². The molecule has 0 fully saturated rings. The highest BCUT2D eigenvalue weighted by molar-refractivity contribution is 6.13. The number of amidine groups is 2. The molecule has 2 aliphatic rings. The van der Waals surface area contributed by atoms with Crippen molar-refractivity contribution in [2.75, 3.05) is 0 Å². The first kappa shape index (κ1) is 34.8. The summed E-state index contributed by atoms with van der Waals surface area (Å²) in [7, 11) is 0. The molecule has 0 bridgehead atoms. The van der Waals surface area contributed by atoms with E-state index >= 15 is 0 Å². The Morgan fingerprint density at radius 3 is 1.75 bits per heavy atom. The van der Waals surface area contributed by atoms with Gasteiger partial charge in [0.05, 0.1) is 6.54 Å². The van der Waals surface area contributed by atoms with Gasteiger partial charge in [-0.05, 0) is 105 Å². The lowest BCUT2D eigenvalue weighted by molar-refractivity contribution is 0.822. The maximum atomic E-state index is 5.25. The number of nitrogens with zero attached hydrogens (tertiary/aromatic N) is 3. The molecule has 1 atom stereocenters. The van der Waals surface area contributed by atoms with Gasteiger partial charge in [-0.25, -0.2) is 9.98 Å². The van der Waals surface area contributed by atoms with Crippen LogP contribution in [0.4, 0.5) is 0 Å². The monoisotopic (exact) mass is 719 g/mol. The van der Waals surface area contributed by atoms with E-state index in [1.165, 1.54) is 33.4 Å². The van der Waals surface area contributed by atoms with Crippen molar-refractivity contribution >= 4 is 18.4 Å². The van der Waals surface area contributed by atoms with E-state index in [0.717, 1.165) is 57.3 Å². The second-order valence-corrected chi connectivity index (χ2v) is 14.5. The topological polar surface area (TPSA) is 37.1 Å². The van der Waals surface area contributed by atoms with Crippen LogP contribution in [0, 0.1) is 0 Å². The Labute approximate surface area is 329 Å². The first-order valence-corrected chi connectivity index (χ1v) is 19.3. The smallest absolute Gasteiger partial charge is 0.161 e. The summed E-state index contributed by atoms with van der Waals surface area (Å²) < 4.78 is 0. The molecule has 0 aromatic heterocycles. The van der Waals surface area contributed by atoms with Gasteiger partial charge in [0.2, 0.25) is 0 Å². The van der Waals surface area contributed by atoms with Crippen LogP contribution < -0.4 is 0 Å². The maximum Gasteiger partial charge on any atom is 0.161 e. The average molecular weight is 720 g/mol. The normalized spacial score (nSPS) is 14.9. The molecule has 9 rings (SSSR count). The van der Waals surface area contributed by atoms with E-state index in [2.05, 4.69) is 188 Å². The van der Waals surface area contributed by atoms with Crippen molar-refractivity contribution in [3.8, 4) is 44.5 Å². The molecule has 7 aromatic carbocycles. The molecule has 1 unspecified atom stereocenters. The van der Waals surface area contributed by atoms with Gasteiger partial charge in [0, 0.05) is 17.0 Å². The van der Waals surface area contributed by atoms with Crippen LogP contribution in [0.25, 0.3) is 44.5 Å². The molecule has 0 N–H and O–H groups in total. The molecule has 0 saturated heterocycles. The molecule has 0 radical (unpaired) electrons. The number of aliphatic imine (C=N–C) groups is 3. The summed E-state index contributed by atoms with van der Waals surface area (Å²) >= 11 is 0. The Kier molecular flexibility index (Phi) is 9.80. The SMILES string of the molecule is C=N/C(=N\C(=N/Cc1ccc(-c2ccccc2)cc1)c1cc(-c2ccccc2)cc(-c2ccccc2)c1)c1cccc(-c2ccc3c(c2)CC2=CC=CCC23)c1. The lowest BCUT2D eigenvalue weighted by Gasteiger charge is -2.14. The first-order chi connectivity index (χ1) is 27.7. The molecule has 0 aliphatic heterocycles. The van der Waals surface area contributed by atoms with Crippen LogP contribution in [0.1, 0.15) is 40.2 Å². The van der Waals surface area contributed by atoms with E-state index in [9.17, 15) is 0 Å². The van der Waals surface area contributed by atoms with E-state index in [4.69, 9.17) is 9.98 Å². The van der Waals surface area contributed by atoms with Crippen LogP contribution in [0.5, 0.6) is 0 Å². The summed E-state index contributed by atoms with van der Waals surface area (Å²) in [5, 5.41) is 0. The number of hydrogen-bond acceptors (Lipinski definition) is 1. The molecule has 268 valence electrons. The van der Waals surface area contributed by atoms with Gasteiger partial charge < -0.3 is 0 Å². The van der Waals surface area contributed by atoms with E-state index in [1.807, 2.05) is 18.2 Å². The summed E-state index contributed by atoms with van der Waals surface area (Å²) in [5.74, 6) is 1.64. The molecule has 0 amide bonds. The minimum atomic E-state index is 0.455. The molecule has 2 aliphatic carbocycles. The number of hydrogen-bond donors (Lipinski definition) is 0. The molecular formula is C53H41N3. The maximum absolute atomic E-state index is 5.25. The fraction of sp³-hybridized carbons (Fsp3) is 0.0755. The van der Waals surface area contributed by atoms with Crippen molar-refractivity contribution in [3.05, 3.63) is 228 Å². The minimum absolute atomic E-state index is 0.455. The van der Waals surface area contributed by atoms with Gasteiger partial charge in [-0.1, -0.05) is 175 Å². The Morgan fingerprint density at radius 2 is 1.09 bits per heavy atom. The van der Waals surface area contributed by atoms with Gasteiger partial charge >= 0.3 is 0 Å². The van der Waals surface area contributed by atoms with E-state index in [0.29, 0.717) is 24.1 Å². The Bertz CT molecular complexity index is 2590. The van der Waals surface area contributed by atoms with Crippen LogP contribution in [0.3, 0.4) is 0 Å². The van der Waals surface area contributed by atoms with Crippen LogP contribution in [0.2, 0.25) is 0 Å². The first-order valence-electron chi connectivity index (χ1n) is 19.3. The van der Waals surface area contributed by atoms with E-state index < -0.39 is 0 Å². The Morgan fingerprint density at radius 1 is 0.518 bits per heavy atom. The van der Waals surface area contributed by atoms with E-state index in [1.54, 1.807) is 0 Å². The van der Waals surface area contributed by atoms with Crippen molar-refractivity contribution in [2.24, 2.45) is 15.0 Å². The highest BCUT2D eigenvalue weighted by Crippen LogP contribution is 2.43. The van der Waals surface area contributed by atoms with Crippen molar-refractivity contribution in [3.63, 3.8) is 0 Å². The molecule has 7 aromatic rings. The minimum Gasteiger partial charge on any atom is -0.261 e. The van der Waals surface area contributed by atoms with Gasteiger partial charge in [0.15, 0.2) is 11.7 Å². The fourth-order valence-electron chi connectivity index (χ4n) is 7.95. The van der Waals surface area contributed by atoms with Crippen LogP contribution in [-0.4, -0.2) is 18.4 Å². The van der Waals surface area contributed by atoms with Crippen molar-refractivity contribution in [1.82, 2.24) is 0 Å². The zero-order valence-electron chi connectivity index (χ0n) is 31.2. The predicted molar refractivity (Wildman–Crippen MR) is 236 cm³/mol. The number of allylic oxidation sites excluding steroid dienone is 4. The van der Waals surface area contributed by atoms with Gasteiger partial charge in [-0.15, -0.1) is 0 Å². The molecule has 0 heterocycles. The number of rotatable bonds is 8. The van der Waals surface area contributed by atoms with E-state index in [-0.39, 0.29) is 0 Å². The zero-order chi connectivity index (χ0) is 37.7. The lowest BCUT2D eigenvalue weighted by Crippen LogP contribution is -2.06. The standard InChI is InChI=1S/C53H41N3/c1-54-52(45-22-13-21-42(30-45)43-28-29-51-48(31-43)32-44-20-11-12-23-50(44)51)56-53(55-36-37-24-26-41(27-25-37)38-14-5-2-6-15-38)49-34-46(39-16-7-3-8-17-39)33-47(35-49)40-18-9-4-10-19-40/h2-22,24-31,33-35,50H,1,23,32,36H2/b55-53-,56-52-. The highest BCUT2D eigenvalue weighted by atomic mass is 15.0. The zero-order valence-corrected chi connectivity index (χ0v) is 31.2. The van der Waals surface area contributed by atoms with Gasteiger partial charge in [0.25, 0.3) is 0 Å². The largest absolute Gasteiger partial charge is 0.261 e. The number of fused-ring (bicyclic) bond motifs is 3. The van der Waals surface area contributed by atoms with Crippen molar-refractivity contribution in [2.45, 2.75) is 25.3 Å². The van der Waals surface area contributed by atoms with Gasteiger partial charge in [0.1, 0.15) is 0 Å². The third kappa shape index (κ3) is 7.40. The highest BCUT2D eigenvalue weighted by Gasteiger charge is 2.27. The van der Waals surface area contributed by atoms with Gasteiger partial charge in [-0.3, -0.25) is 4.99 Å². The summed E-state index contributed by atoms with van der Waals surface area (Å²) in [5.41, 5.74) is 16.4. The second kappa shape index (κ2) is 15.8. The predicted octanol–water partition coefficient (Wildman–Crippen LogP) is 13.0. The molecule has 0 spiro atoms. The van der Waals surface area contributed by atoms with Crippen LogP contribution >= 0.6 is 0 Å². The third-order valence-electron chi connectivity index (χ3n) is 10.9. The fourth-order valence-corrected chi connectivity index (χ4v) is 7.95. The van der Waals surface area contributed by atoms with Crippen molar-refractivity contribution < 1.29 is 0 Å². The number of benzene rings is 7. The molecule has 3 heteroatoms. The Balaban J connectivity index is 1.12. The summed E-state index contributed by atoms with van der Waals surface area (Å²) in [6, 6.07) is 62.1. The van der Waals surface area contributed by atoms with Crippen molar-refractivity contribution in [1.29, 1.82) is 0 Å². The average Bonchev–Trinajstić information content (AvgIpc) is 3.65. The summed E-state index contributed by atoms with van der Waals surface area (Å²) in [4.78, 5) is 15.0. The molecule has 3 nitrogen and oxygen atoms in total. The molecule has 56 heavy (non-hydrogen) atoms. The lowest BCUT2D eigenvalue weighted by atomic mass is 9.90. The summed E-state index contributed by atoms with van der Waals surface area (Å²) in [6.45, 7) is 4.47. The molecule has 0 saturated carbocycles. The Hall–Kier alpha value is -6.97. The third-order valence-corrected chi connectivity index (χ3v) is 10.9. The quantitative estimate of drug-likeness (QED) is 0.111.